The number of hydrogen-bond donors (Lipinski definition) is 2. The van der Waals surface area contributed by atoms with Gasteiger partial charge in [0, 0.05) is 5.02 Å². The molecule has 0 atom stereocenters. The Balaban J connectivity index is 3.25. The van der Waals surface area contributed by atoms with Gasteiger partial charge in [-0.05, 0) is 24.6 Å². The van der Waals surface area contributed by atoms with Crippen LogP contribution in [-0.2, 0) is 4.79 Å². The monoisotopic (exact) mass is 279 g/mol. The molecule has 0 unspecified atom stereocenters. The van der Waals surface area contributed by atoms with Crippen molar-refractivity contribution in [1.29, 1.82) is 0 Å². The van der Waals surface area contributed by atoms with Crippen LogP contribution in [0.2, 0.25) is 5.02 Å². The third kappa shape index (κ3) is 3.96. The Morgan fingerprint density at radius 2 is 1.78 bits per heavy atom. The third-order valence-electron chi connectivity index (χ3n) is 2.10. The van der Waals surface area contributed by atoms with E-state index >= 15 is 0 Å². The fourth-order valence-electron chi connectivity index (χ4n) is 1.25. The predicted octanol–water partition coefficient (Wildman–Crippen LogP) is 3.27. The van der Waals surface area contributed by atoms with E-state index in [-0.39, 0.29) is 5.56 Å². The van der Waals surface area contributed by atoms with Crippen molar-refractivity contribution in [1.82, 2.24) is 5.32 Å². The fraction of sp³-hybridized carbons (Fsp3) is 0.182. The van der Waals surface area contributed by atoms with E-state index in [2.05, 4.69) is 0 Å². The summed E-state index contributed by atoms with van der Waals surface area (Å²) >= 11 is 5.62. The van der Waals surface area contributed by atoms with Crippen LogP contribution in [0.1, 0.15) is 12.5 Å². The van der Waals surface area contributed by atoms with E-state index in [1.165, 1.54) is 29.6 Å². The highest BCUT2D eigenvalue weighted by atomic mass is 35.5. The van der Waals surface area contributed by atoms with Crippen LogP contribution in [0.4, 0.5) is 13.2 Å². The Hall–Kier alpha value is -1.69. The molecule has 98 valence electrons. The molecule has 0 aliphatic carbocycles. The van der Waals surface area contributed by atoms with E-state index in [4.69, 9.17) is 16.7 Å². The van der Waals surface area contributed by atoms with Crippen LogP contribution in [0.25, 0.3) is 5.70 Å². The molecule has 1 aromatic carbocycles. The number of carboxylic acids is 1. The van der Waals surface area contributed by atoms with Crippen LogP contribution < -0.4 is 5.32 Å². The molecule has 0 radical (unpaired) electrons. The second kappa shape index (κ2) is 5.30. The largest absolute Gasteiger partial charge is 0.482 e. The average molecular weight is 280 g/mol. The van der Waals surface area contributed by atoms with E-state index in [1.807, 2.05) is 0 Å². The summed E-state index contributed by atoms with van der Waals surface area (Å²) in [5.41, 5.74) is -0.849. The van der Waals surface area contributed by atoms with Crippen molar-refractivity contribution < 1.29 is 23.1 Å². The lowest BCUT2D eigenvalue weighted by atomic mass is 10.1. The first-order chi connectivity index (χ1) is 8.20. The fourth-order valence-corrected chi connectivity index (χ4v) is 1.37. The molecule has 0 amide bonds. The lowest BCUT2D eigenvalue weighted by Crippen LogP contribution is -2.31. The molecule has 1 aromatic rings. The Kier molecular flexibility index (Phi) is 4.24. The number of carboxylic acid groups (broad SMARTS) is 1. The van der Waals surface area contributed by atoms with Gasteiger partial charge >= 0.3 is 12.3 Å². The van der Waals surface area contributed by atoms with E-state index in [9.17, 15) is 18.0 Å². The summed E-state index contributed by atoms with van der Waals surface area (Å²) in [5.74, 6) is -1.43. The molecular formula is C11H9ClF3NO2. The second-order valence-electron chi connectivity index (χ2n) is 3.43. The smallest absolute Gasteiger partial charge is 0.478 e. The maximum Gasteiger partial charge on any atom is 0.482 e. The van der Waals surface area contributed by atoms with Gasteiger partial charge in [-0.1, -0.05) is 23.7 Å². The Morgan fingerprint density at radius 1 is 1.28 bits per heavy atom. The van der Waals surface area contributed by atoms with Gasteiger partial charge < -0.3 is 5.11 Å². The zero-order valence-corrected chi connectivity index (χ0v) is 9.93. The number of alkyl halides is 3. The molecule has 0 aliphatic heterocycles. The minimum atomic E-state index is -4.72. The van der Waals surface area contributed by atoms with Gasteiger partial charge in [-0.15, -0.1) is 0 Å². The number of carbonyl (C=O) groups is 1. The molecule has 0 saturated carbocycles. The molecule has 0 aromatic heterocycles. The molecule has 18 heavy (non-hydrogen) atoms. The predicted molar refractivity (Wildman–Crippen MR) is 60.9 cm³/mol. The summed E-state index contributed by atoms with van der Waals surface area (Å²) in [6.07, 6.45) is -4.72. The standard InChI is InChI=1S/C11H9ClF3NO2/c1-6(10(17)18)9(16-11(13,14)15)7-2-4-8(12)5-3-7/h2-5,16H,1H3,(H,17,18). The normalized spacial score (nSPS) is 12.9. The Morgan fingerprint density at radius 3 is 2.17 bits per heavy atom. The van der Waals surface area contributed by atoms with Crippen LogP contribution in [-0.4, -0.2) is 17.4 Å². The van der Waals surface area contributed by atoms with Crippen molar-refractivity contribution in [3.05, 3.63) is 40.4 Å². The molecule has 0 heterocycles. The van der Waals surface area contributed by atoms with Gasteiger partial charge in [-0.25, -0.2) is 4.79 Å². The van der Waals surface area contributed by atoms with Crippen molar-refractivity contribution in [3.63, 3.8) is 0 Å². The molecule has 2 N–H and O–H groups in total. The molecule has 0 saturated heterocycles. The summed E-state index contributed by atoms with van der Waals surface area (Å²) in [4.78, 5) is 10.8. The van der Waals surface area contributed by atoms with Crippen molar-refractivity contribution in [3.8, 4) is 0 Å². The highest BCUT2D eigenvalue weighted by Gasteiger charge is 2.30. The maximum absolute atomic E-state index is 12.3. The lowest BCUT2D eigenvalue weighted by molar-refractivity contribution is -0.144. The van der Waals surface area contributed by atoms with Crippen molar-refractivity contribution in [2.75, 3.05) is 0 Å². The first-order valence-corrected chi connectivity index (χ1v) is 5.13. The van der Waals surface area contributed by atoms with Gasteiger partial charge in [0.1, 0.15) is 0 Å². The average Bonchev–Trinajstić information content (AvgIpc) is 2.25. The van der Waals surface area contributed by atoms with E-state index in [0.29, 0.717) is 5.02 Å². The van der Waals surface area contributed by atoms with Crippen LogP contribution in [0.15, 0.2) is 29.8 Å². The van der Waals surface area contributed by atoms with Crippen molar-refractivity contribution in [2.24, 2.45) is 0 Å². The Labute approximate surface area is 106 Å². The third-order valence-corrected chi connectivity index (χ3v) is 2.35. The summed E-state index contributed by atoms with van der Waals surface area (Å²) < 4.78 is 37.0. The minimum Gasteiger partial charge on any atom is -0.478 e. The van der Waals surface area contributed by atoms with E-state index < -0.39 is 23.5 Å². The SMILES string of the molecule is CC(C(=O)O)=C(NC(F)(F)F)c1ccc(Cl)cc1. The van der Waals surface area contributed by atoms with Crippen LogP contribution in [0, 0.1) is 0 Å². The number of halogens is 4. The molecule has 0 spiro atoms. The van der Waals surface area contributed by atoms with Gasteiger partial charge in [0.2, 0.25) is 0 Å². The summed E-state index contributed by atoms with van der Waals surface area (Å²) in [6.45, 7) is 1.09. The number of aliphatic carboxylic acids is 1. The highest BCUT2D eigenvalue weighted by molar-refractivity contribution is 6.30. The van der Waals surface area contributed by atoms with E-state index in [0.717, 1.165) is 6.92 Å². The first kappa shape index (κ1) is 14.4. The van der Waals surface area contributed by atoms with Crippen molar-refractivity contribution >= 4 is 23.3 Å². The molecule has 0 fully saturated rings. The van der Waals surface area contributed by atoms with Gasteiger partial charge in [0.05, 0.1) is 11.3 Å². The number of nitrogens with one attached hydrogen (secondary N) is 1. The molecule has 7 heteroatoms. The second-order valence-corrected chi connectivity index (χ2v) is 3.87. The topological polar surface area (TPSA) is 49.3 Å². The van der Waals surface area contributed by atoms with Crippen molar-refractivity contribution in [2.45, 2.75) is 13.2 Å². The summed E-state index contributed by atoms with van der Waals surface area (Å²) in [6, 6.07) is 5.37. The summed E-state index contributed by atoms with van der Waals surface area (Å²) in [5, 5.41) is 10.3. The van der Waals surface area contributed by atoms with E-state index in [1.54, 1.807) is 0 Å². The Bertz CT molecular complexity index is 480. The molecule has 0 bridgehead atoms. The van der Waals surface area contributed by atoms with Gasteiger partial charge in [0.25, 0.3) is 0 Å². The molecule has 1 rings (SSSR count). The quantitative estimate of drug-likeness (QED) is 0.659. The van der Waals surface area contributed by atoms with Crippen LogP contribution in [0.3, 0.4) is 0 Å². The zero-order chi connectivity index (χ0) is 13.9. The lowest BCUT2D eigenvalue weighted by Gasteiger charge is -2.15. The van der Waals surface area contributed by atoms with Gasteiger partial charge in [-0.3, -0.25) is 5.32 Å². The number of rotatable bonds is 3. The molecular weight excluding hydrogens is 271 g/mol. The van der Waals surface area contributed by atoms with Gasteiger partial charge in [-0.2, -0.15) is 13.2 Å². The summed E-state index contributed by atoms with van der Waals surface area (Å²) in [7, 11) is 0. The zero-order valence-electron chi connectivity index (χ0n) is 9.18. The highest BCUT2D eigenvalue weighted by Crippen LogP contribution is 2.23. The molecule has 3 nitrogen and oxygen atoms in total. The number of hydrogen-bond acceptors (Lipinski definition) is 2. The van der Waals surface area contributed by atoms with Crippen LogP contribution in [0.5, 0.6) is 0 Å². The number of benzene rings is 1. The minimum absolute atomic E-state index is 0.0941. The van der Waals surface area contributed by atoms with Crippen LogP contribution >= 0.6 is 11.6 Å². The molecule has 0 aliphatic rings. The maximum atomic E-state index is 12.3. The van der Waals surface area contributed by atoms with Gasteiger partial charge in [0.15, 0.2) is 0 Å². The first-order valence-electron chi connectivity index (χ1n) is 4.76.